The average Bonchev–Trinajstić information content (AvgIpc) is 2.73. The molecular formula is C13H14N2O4. The highest BCUT2D eigenvalue weighted by molar-refractivity contribution is 6.01. The number of carboxylic acid groups (broad SMARTS) is 1. The van der Waals surface area contributed by atoms with E-state index in [0.717, 1.165) is 0 Å². The monoisotopic (exact) mass is 262 g/mol. The molecule has 0 aliphatic heterocycles. The Balaban J connectivity index is 2.32. The minimum atomic E-state index is -1.36. The maximum atomic E-state index is 12.0. The molecule has 6 heteroatoms. The number of carboxylic acids is 1. The molecule has 6 nitrogen and oxygen atoms in total. The highest BCUT2D eigenvalue weighted by Gasteiger charge is 2.29. The number of fused-ring (bicyclic) bond motifs is 1. The molecule has 100 valence electrons. The van der Waals surface area contributed by atoms with Gasteiger partial charge >= 0.3 is 5.97 Å². The van der Waals surface area contributed by atoms with Crippen molar-refractivity contribution in [3.8, 4) is 5.75 Å². The van der Waals surface area contributed by atoms with Gasteiger partial charge in [-0.15, -0.1) is 0 Å². The SMILES string of the molecule is CC(C)(NC(=O)c1cc2cccc(O)c2[nH]1)C(=O)O. The third-order valence-electron chi connectivity index (χ3n) is 2.84. The molecule has 0 saturated carbocycles. The number of carbonyl (C=O) groups is 2. The number of para-hydroxylation sites is 1. The Kier molecular flexibility index (Phi) is 2.94. The van der Waals surface area contributed by atoms with Crippen LogP contribution in [0.3, 0.4) is 0 Å². The number of amides is 1. The first kappa shape index (κ1) is 12.9. The van der Waals surface area contributed by atoms with E-state index >= 15 is 0 Å². The zero-order chi connectivity index (χ0) is 14.2. The third kappa shape index (κ3) is 2.37. The van der Waals surface area contributed by atoms with E-state index in [9.17, 15) is 14.7 Å². The molecule has 0 atom stereocenters. The van der Waals surface area contributed by atoms with E-state index in [2.05, 4.69) is 10.3 Å². The van der Waals surface area contributed by atoms with Gasteiger partial charge in [-0.2, -0.15) is 0 Å². The molecule has 0 radical (unpaired) electrons. The Bertz CT molecular complexity index is 658. The standard InChI is InChI=1S/C13H14N2O4/c1-13(2,12(18)19)15-11(17)8-6-7-4-3-5-9(16)10(7)14-8/h3-6,14,16H,1-2H3,(H,15,17)(H,18,19). The van der Waals surface area contributed by atoms with Gasteiger partial charge in [-0.25, -0.2) is 4.79 Å². The van der Waals surface area contributed by atoms with E-state index in [1.54, 1.807) is 18.2 Å². The van der Waals surface area contributed by atoms with Gasteiger partial charge in [-0.3, -0.25) is 4.79 Å². The van der Waals surface area contributed by atoms with Crippen LogP contribution in [0.25, 0.3) is 10.9 Å². The molecule has 0 unspecified atom stereocenters. The molecule has 0 bridgehead atoms. The summed E-state index contributed by atoms with van der Waals surface area (Å²) in [7, 11) is 0. The molecule has 1 aromatic carbocycles. The van der Waals surface area contributed by atoms with Gasteiger partial charge in [0.1, 0.15) is 17.0 Å². The Morgan fingerprint density at radius 3 is 2.58 bits per heavy atom. The van der Waals surface area contributed by atoms with Crippen LogP contribution in [0.2, 0.25) is 0 Å². The summed E-state index contributed by atoms with van der Waals surface area (Å²) >= 11 is 0. The summed E-state index contributed by atoms with van der Waals surface area (Å²) in [4.78, 5) is 25.7. The second-order valence-corrected chi connectivity index (χ2v) is 4.81. The molecular weight excluding hydrogens is 248 g/mol. The second-order valence-electron chi connectivity index (χ2n) is 4.81. The van der Waals surface area contributed by atoms with Gasteiger partial charge in [0.15, 0.2) is 0 Å². The Labute approximate surface area is 109 Å². The van der Waals surface area contributed by atoms with Crippen LogP contribution in [0, 0.1) is 0 Å². The van der Waals surface area contributed by atoms with E-state index in [-0.39, 0.29) is 11.4 Å². The summed E-state index contributed by atoms with van der Waals surface area (Å²) in [6.07, 6.45) is 0. The van der Waals surface area contributed by atoms with Gasteiger partial charge < -0.3 is 20.5 Å². The Morgan fingerprint density at radius 1 is 1.32 bits per heavy atom. The number of aliphatic carboxylic acids is 1. The lowest BCUT2D eigenvalue weighted by atomic mass is 10.1. The number of phenols is 1. The quantitative estimate of drug-likeness (QED) is 0.672. The first-order valence-electron chi connectivity index (χ1n) is 5.68. The lowest BCUT2D eigenvalue weighted by Gasteiger charge is -2.20. The van der Waals surface area contributed by atoms with Crippen molar-refractivity contribution < 1.29 is 19.8 Å². The van der Waals surface area contributed by atoms with Crippen molar-refractivity contribution in [3.63, 3.8) is 0 Å². The van der Waals surface area contributed by atoms with Crippen molar-refractivity contribution >= 4 is 22.8 Å². The molecule has 0 aliphatic carbocycles. The number of nitrogens with one attached hydrogen (secondary N) is 2. The number of phenolic OH excluding ortho intramolecular Hbond substituents is 1. The van der Waals surface area contributed by atoms with Gasteiger partial charge in [0.05, 0.1) is 5.52 Å². The first-order chi connectivity index (χ1) is 8.81. The van der Waals surface area contributed by atoms with Crippen LogP contribution in [-0.2, 0) is 4.79 Å². The molecule has 1 amide bonds. The number of aromatic nitrogens is 1. The zero-order valence-corrected chi connectivity index (χ0v) is 10.5. The van der Waals surface area contributed by atoms with Crippen LogP contribution in [-0.4, -0.2) is 32.6 Å². The van der Waals surface area contributed by atoms with Crippen molar-refractivity contribution in [1.29, 1.82) is 0 Å². The lowest BCUT2D eigenvalue weighted by molar-refractivity contribution is -0.143. The van der Waals surface area contributed by atoms with E-state index in [4.69, 9.17) is 5.11 Å². The van der Waals surface area contributed by atoms with Crippen LogP contribution in [0.15, 0.2) is 24.3 Å². The normalized spacial score (nSPS) is 11.5. The molecule has 4 N–H and O–H groups in total. The third-order valence-corrected chi connectivity index (χ3v) is 2.84. The fraction of sp³-hybridized carbons (Fsp3) is 0.231. The highest BCUT2D eigenvalue weighted by atomic mass is 16.4. The highest BCUT2D eigenvalue weighted by Crippen LogP contribution is 2.24. The molecule has 0 fully saturated rings. The average molecular weight is 262 g/mol. The fourth-order valence-electron chi connectivity index (χ4n) is 1.67. The maximum absolute atomic E-state index is 12.0. The fourth-order valence-corrected chi connectivity index (χ4v) is 1.67. The van der Waals surface area contributed by atoms with E-state index in [0.29, 0.717) is 10.9 Å². The summed E-state index contributed by atoms with van der Waals surface area (Å²) < 4.78 is 0. The number of aromatic amines is 1. The number of rotatable bonds is 3. The number of H-pyrrole nitrogens is 1. The summed E-state index contributed by atoms with van der Waals surface area (Å²) in [6.45, 7) is 2.79. The van der Waals surface area contributed by atoms with E-state index in [1.807, 2.05) is 0 Å². The van der Waals surface area contributed by atoms with Gasteiger partial charge in [0.25, 0.3) is 5.91 Å². The summed E-state index contributed by atoms with van der Waals surface area (Å²) in [5.41, 5.74) is -0.720. The summed E-state index contributed by atoms with van der Waals surface area (Å²) in [5, 5.41) is 21.7. The molecule has 2 aromatic rings. The molecule has 2 rings (SSSR count). The molecule has 1 aromatic heterocycles. The van der Waals surface area contributed by atoms with Gasteiger partial charge in [-0.05, 0) is 26.0 Å². The van der Waals surface area contributed by atoms with Crippen LogP contribution in [0.1, 0.15) is 24.3 Å². The molecule has 19 heavy (non-hydrogen) atoms. The number of aromatic hydroxyl groups is 1. The molecule has 1 heterocycles. The van der Waals surface area contributed by atoms with Crippen LogP contribution >= 0.6 is 0 Å². The van der Waals surface area contributed by atoms with E-state index < -0.39 is 17.4 Å². The smallest absolute Gasteiger partial charge is 0.328 e. The molecule has 0 spiro atoms. The van der Waals surface area contributed by atoms with Crippen molar-refractivity contribution in [2.24, 2.45) is 0 Å². The number of carbonyl (C=O) groups excluding carboxylic acids is 1. The van der Waals surface area contributed by atoms with Crippen molar-refractivity contribution in [1.82, 2.24) is 10.3 Å². The summed E-state index contributed by atoms with van der Waals surface area (Å²) in [5.74, 6) is -1.63. The van der Waals surface area contributed by atoms with Crippen LogP contribution in [0.4, 0.5) is 0 Å². The lowest BCUT2D eigenvalue weighted by Crippen LogP contribution is -2.49. The minimum absolute atomic E-state index is 0.0362. The summed E-state index contributed by atoms with van der Waals surface area (Å²) in [6, 6.07) is 6.46. The largest absolute Gasteiger partial charge is 0.506 e. The van der Waals surface area contributed by atoms with Gasteiger partial charge in [0, 0.05) is 5.39 Å². The Hall–Kier alpha value is -2.50. The molecule has 0 saturated heterocycles. The zero-order valence-electron chi connectivity index (χ0n) is 10.5. The Morgan fingerprint density at radius 2 is 2.00 bits per heavy atom. The van der Waals surface area contributed by atoms with Crippen LogP contribution in [0.5, 0.6) is 5.75 Å². The number of benzene rings is 1. The van der Waals surface area contributed by atoms with Gasteiger partial charge in [-0.1, -0.05) is 12.1 Å². The van der Waals surface area contributed by atoms with Crippen molar-refractivity contribution in [2.45, 2.75) is 19.4 Å². The molecule has 0 aliphatic rings. The topological polar surface area (TPSA) is 102 Å². The maximum Gasteiger partial charge on any atom is 0.328 e. The van der Waals surface area contributed by atoms with Crippen molar-refractivity contribution in [3.05, 3.63) is 30.0 Å². The van der Waals surface area contributed by atoms with E-state index in [1.165, 1.54) is 19.9 Å². The van der Waals surface area contributed by atoms with Crippen molar-refractivity contribution in [2.75, 3.05) is 0 Å². The number of hydrogen-bond acceptors (Lipinski definition) is 3. The number of hydrogen-bond donors (Lipinski definition) is 4. The van der Waals surface area contributed by atoms with Gasteiger partial charge in [0.2, 0.25) is 0 Å². The second kappa shape index (κ2) is 4.31. The van der Waals surface area contributed by atoms with Crippen LogP contribution < -0.4 is 5.32 Å². The first-order valence-corrected chi connectivity index (χ1v) is 5.68. The minimum Gasteiger partial charge on any atom is -0.506 e. The predicted octanol–water partition coefficient (Wildman–Crippen LogP) is 1.47. The predicted molar refractivity (Wildman–Crippen MR) is 69.1 cm³/mol.